The fraction of sp³-hybridized carbons (Fsp3) is 0.200. The van der Waals surface area contributed by atoms with Gasteiger partial charge in [0.15, 0.2) is 0 Å². The fourth-order valence-electron chi connectivity index (χ4n) is 1.86. The zero-order valence-corrected chi connectivity index (χ0v) is 11.4. The Morgan fingerprint density at radius 1 is 1.16 bits per heavy atom. The van der Waals surface area contributed by atoms with Gasteiger partial charge in [-0.15, -0.1) is 0 Å². The standard InChI is InChI=1S/C15H15ClFNO/c1-10-6-13(16)3-5-15(10)19-9-12-7-14(17)4-2-11(12)8-18/h2-7H,8-9,18H2,1H3. The lowest BCUT2D eigenvalue weighted by Crippen LogP contribution is -2.05. The molecule has 2 nitrogen and oxygen atoms in total. The van der Waals surface area contributed by atoms with Crippen molar-refractivity contribution in [2.45, 2.75) is 20.1 Å². The third-order valence-corrected chi connectivity index (χ3v) is 3.14. The fourth-order valence-corrected chi connectivity index (χ4v) is 2.08. The van der Waals surface area contributed by atoms with Crippen LogP contribution in [0.5, 0.6) is 5.75 Å². The monoisotopic (exact) mass is 279 g/mol. The second kappa shape index (κ2) is 6.04. The number of hydrogen-bond acceptors (Lipinski definition) is 2. The van der Waals surface area contributed by atoms with E-state index in [-0.39, 0.29) is 12.4 Å². The summed E-state index contributed by atoms with van der Waals surface area (Å²) < 4.78 is 18.9. The van der Waals surface area contributed by atoms with Crippen molar-refractivity contribution in [1.29, 1.82) is 0 Å². The van der Waals surface area contributed by atoms with E-state index in [1.165, 1.54) is 12.1 Å². The van der Waals surface area contributed by atoms with Crippen molar-refractivity contribution >= 4 is 11.6 Å². The minimum Gasteiger partial charge on any atom is -0.489 e. The number of halogens is 2. The van der Waals surface area contributed by atoms with Gasteiger partial charge in [0.05, 0.1) is 0 Å². The topological polar surface area (TPSA) is 35.2 Å². The molecule has 0 saturated heterocycles. The molecule has 0 spiro atoms. The van der Waals surface area contributed by atoms with Crippen molar-refractivity contribution in [2.24, 2.45) is 5.73 Å². The van der Waals surface area contributed by atoms with Crippen LogP contribution in [-0.4, -0.2) is 0 Å². The van der Waals surface area contributed by atoms with E-state index >= 15 is 0 Å². The van der Waals surface area contributed by atoms with E-state index in [0.717, 1.165) is 22.4 Å². The van der Waals surface area contributed by atoms with Crippen LogP contribution in [0, 0.1) is 12.7 Å². The van der Waals surface area contributed by atoms with Gasteiger partial charge in [-0.25, -0.2) is 4.39 Å². The molecule has 0 bridgehead atoms. The maximum atomic E-state index is 13.2. The summed E-state index contributed by atoms with van der Waals surface area (Å²) in [6.07, 6.45) is 0. The number of ether oxygens (including phenoxy) is 1. The molecular weight excluding hydrogens is 265 g/mol. The minimum atomic E-state index is -0.288. The molecule has 2 aromatic rings. The highest BCUT2D eigenvalue weighted by molar-refractivity contribution is 6.30. The molecule has 0 heterocycles. The maximum Gasteiger partial charge on any atom is 0.123 e. The zero-order valence-electron chi connectivity index (χ0n) is 10.6. The molecule has 0 unspecified atom stereocenters. The molecule has 0 aliphatic carbocycles. The third-order valence-electron chi connectivity index (χ3n) is 2.91. The first-order valence-electron chi connectivity index (χ1n) is 5.96. The first-order chi connectivity index (χ1) is 9.10. The number of rotatable bonds is 4. The molecule has 100 valence electrons. The molecule has 0 saturated carbocycles. The normalized spacial score (nSPS) is 10.5. The lowest BCUT2D eigenvalue weighted by Gasteiger charge is -2.12. The van der Waals surface area contributed by atoms with Crippen molar-refractivity contribution in [3.63, 3.8) is 0 Å². The molecule has 19 heavy (non-hydrogen) atoms. The van der Waals surface area contributed by atoms with Crippen LogP contribution in [0.2, 0.25) is 5.02 Å². The Labute approximate surface area is 117 Å². The Bertz CT molecular complexity index is 586. The van der Waals surface area contributed by atoms with Gasteiger partial charge in [0, 0.05) is 11.6 Å². The van der Waals surface area contributed by atoms with Gasteiger partial charge < -0.3 is 10.5 Å². The molecule has 0 fully saturated rings. The predicted octanol–water partition coefficient (Wildman–Crippen LogP) is 3.83. The van der Waals surface area contributed by atoms with Crippen molar-refractivity contribution in [2.75, 3.05) is 0 Å². The first kappa shape index (κ1) is 13.8. The van der Waals surface area contributed by atoms with Crippen molar-refractivity contribution in [1.82, 2.24) is 0 Å². The molecule has 2 N–H and O–H groups in total. The minimum absolute atomic E-state index is 0.284. The Kier molecular flexibility index (Phi) is 4.40. The van der Waals surface area contributed by atoms with Crippen LogP contribution in [0.3, 0.4) is 0 Å². The highest BCUT2D eigenvalue weighted by atomic mass is 35.5. The van der Waals surface area contributed by atoms with Gasteiger partial charge in [0.25, 0.3) is 0 Å². The lowest BCUT2D eigenvalue weighted by molar-refractivity contribution is 0.302. The van der Waals surface area contributed by atoms with Crippen LogP contribution < -0.4 is 10.5 Å². The molecule has 2 rings (SSSR count). The number of aryl methyl sites for hydroxylation is 1. The van der Waals surface area contributed by atoms with Gasteiger partial charge in [0.1, 0.15) is 18.2 Å². The SMILES string of the molecule is Cc1cc(Cl)ccc1OCc1cc(F)ccc1CN. The molecule has 0 aliphatic rings. The van der Waals surface area contributed by atoms with E-state index in [2.05, 4.69) is 0 Å². The second-order valence-electron chi connectivity index (χ2n) is 4.32. The first-order valence-corrected chi connectivity index (χ1v) is 6.34. The predicted molar refractivity (Wildman–Crippen MR) is 74.8 cm³/mol. The van der Waals surface area contributed by atoms with Gasteiger partial charge in [-0.3, -0.25) is 0 Å². The van der Waals surface area contributed by atoms with Gasteiger partial charge in [-0.05, 0) is 53.9 Å². The zero-order chi connectivity index (χ0) is 13.8. The van der Waals surface area contributed by atoms with Crippen molar-refractivity contribution in [3.05, 3.63) is 63.9 Å². The highest BCUT2D eigenvalue weighted by Gasteiger charge is 2.06. The van der Waals surface area contributed by atoms with Crippen LogP contribution in [0.4, 0.5) is 4.39 Å². The van der Waals surface area contributed by atoms with Crippen LogP contribution in [0.25, 0.3) is 0 Å². The van der Waals surface area contributed by atoms with Gasteiger partial charge >= 0.3 is 0 Å². The van der Waals surface area contributed by atoms with Gasteiger partial charge in [0.2, 0.25) is 0 Å². The van der Waals surface area contributed by atoms with Crippen LogP contribution in [-0.2, 0) is 13.2 Å². The molecular formula is C15H15ClFNO. The number of benzene rings is 2. The average molecular weight is 280 g/mol. The van der Waals surface area contributed by atoms with Gasteiger partial charge in [-0.1, -0.05) is 17.7 Å². The molecule has 0 radical (unpaired) electrons. The van der Waals surface area contributed by atoms with Crippen molar-refractivity contribution in [3.8, 4) is 5.75 Å². The summed E-state index contributed by atoms with van der Waals surface area (Å²) in [4.78, 5) is 0. The lowest BCUT2D eigenvalue weighted by atomic mass is 10.1. The maximum absolute atomic E-state index is 13.2. The highest BCUT2D eigenvalue weighted by Crippen LogP contribution is 2.23. The average Bonchev–Trinajstić information content (AvgIpc) is 2.38. The van der Waals surface area contributed by atoms with E-state index in [1.54, 1.807) is 18.2 Å². The Morgan fingerprint density at radius 2 is 1.95 bits per heavy atom. The summed E-state index contributed by atoms with van der Waals surface area (Å²) in [6.45, 7) is 2.56. The van der Waals surface area contributed by atoms with Gasteiger partial charge in [-0.2, -0.15) is 0 Å². The van der Waals surface area contributed by atoms with E-state index in [9.17, 15) is 4.39 Å². The van der Waals surface area contributed by atoms with Crippen LogP contribution >= 0.6 is 11.6 Å². The number of nitrogens with two attached hydrogens (primary N) is 1. The molecule has 0 amide bonds. The van der Waals surface area contributed by atoms with E-state index in [1.807, 2.05) is 13.0 Å². The third kappa shape index (κ3) is 3.46. The number of hydrogen-bond donors (Lipinski definition) is 1. The molecule has 0 aromatic heterocycles. The summed E-state index contributed by atoms with van der Waals surface area (Å²) in [5.41, 5.74) is 8.21. The van der Waals surface area contributed by atoms with E-state index in [4.69, 9.17) is 22.1 Å². The largest absolute Gasteiger partial charge is 0.489 e. The summed E-state index contributed by atoms with van der Waals surface area (Å²) in [5.74, 6) is 0.445. The quantitative estimate of drug-likeness (QED) is 0.923. The second-order valence-corrected chi connectivity index (χ2v) is 4.75. The Balaban J connectivity index is 2.16. The molecule has 0 aliphatic heterocycles. The molecule has 0 atom stereocenters. The Hall–Kier alpha value is -1.58. The molecule has 4 heteroatoms. The summed E-state index contributed by atoms with van der Waals surface area (Å²) in [6, 6.07) is 9.93. The van der Waals surface area contributed by atoms with Crippen LogP contribution in [0.1, 0.15) is 16.7 Å². The smallest absolute Gasteiger partial charge is 0.123 e. The van der Waals surface area contributed by atoms with E-state index < -0.39 is 0 Å². The molecule has 2 aromatic carbocycles. The Morgan fingerprint density at radius 3 is 2.63 bits per heavy atom. The summed E-state index contributed by atoms with van der Waals surface area (Å²) in [5, 5.41) is 0.665. The van der Waals surface area contributed by atoms with Crippen molar-refractivity contribution < 1.29 is 9.13 Å². The van der Waals surface area contributed by atoms with E-state index in [0.29, 0.717) is 11.6 Å². The summed E-state index contributed by atoms with van der Waals surface area (Å²) in [7, 11) is 0. The van der Waals surface area contributed by atoms with Crippen LogP contribution in [0.15, 0.2) is 36.4 Å². The summed E-state index contributed by atoms with van der Waals surface area (Å²) >= 11 is 5.88.